The lowest BCUT2D eigenvalue weighted by Gasteiger charge is -2.19. The Hall–Kier alpha value is -2.89. The average Bonchev–Trinajstić information content (AvgIpc) is 2.59. The lowest BCUT2D eigenvalue weighted by Crippen LogP contribution is -2.25. The van der Waals surface area contributed by atoms with E-state index >= 15 is 0 Å². The molecule has 0 aliphatic carbocycles. The minimum absolute atomic E-state index is 0.239. The van der Waals surface area contributed by atoms with Gasteiger partial charge in [0.1, 0.15) is 12.1 Å². The van der Waals surface area contributed by atoms with Crippen LogP contribution in [0.1, 0.15) is 0 Å². The van der Waals surface area contributed by atoms with Crippen molar-refractivity contribution in [3.8, 4) is 11.4 Å². The van der Waals surface area contributed by atoms with Crippen molar-refractivity contribution in [1.29, 1.82) is 0 Å². The molecule has 0 aliphatic rings. The first-order chi connectivity index (χ1) is 10.7. The Morgan fingerprint density at radius 3 is 2.55 bits per heavy atom. The van der Waals surface area contributed by atoms with Crippen molar-refractivity contribution in [2.75, 3.05) is 26.2 Å². The predicted octanol–water partition coefficient (Wildman–Crippen LogP) is 2.24. The highest BCUT2D eigenvalue weighted by molar-refractivity contribution is 5.91. The number of ether oxygens (including phenoxy) is 2. The van der Waals surface area contributed by atoms with Gasteiger partial charge in [0.2, 0.25) is 0 Å². The van der Waals surface area contributed by atoms with Crippen LogP contribution in [0.15, 0.2) is 54.6 Å². The van der Waals surface area contributed by atoms with Crippen LogP contribution in [-0.2, 0) is 14.3 Å². The van der Waals surface area contributed by atoms with Crippen LogP contribution in [0.25, 0.3) is 11.4 Å². The van der Waals surface area contributed by atoms with Gasteiger partial charge in [-0.25, -0.2) is 14.8 Å². The summed E-state index contributed by atoms with van der Waals surface area (Å²) in [7, 11) is 4.49. The van der Waals surface area contributed by atoms with Gasteiger partial charge in [-0.2, -0.15) is 0 Å². The quantitative estimate of drug-likeness (QED) is 0.479. The number of carbonyl (C=O) groups excluding carboxylic acids is 1. The summed E-state index contributed by atoms with van der Waals surface area (Å²) in [6.45, 7) is 0. The second-order valence-corrected chi connectivity index (χ2v) is 4.39. The number of methoxy groups -OCH3 is 2. The van der Waals surface area contributed by atoms with Gasteiger partial charge in [0.15, 0.2) is 11.5 Å². The first-order valence-electron chi connectivity index (χ1n) is 6.61. The number of anilines is 1. The summed E-state index contributed by atoms with van der Waals surface area (Å²) < 4.78 is 9.69. The van der Waals surface area contributed by atoms with Crippen LogP contribution in [0.3, 0.4) is 0 Å². The minimum Gasteiger partial charge on any atom is -0.502 e. The number of benzene rings is 1. The molecule has 1 aromatic carbocycles. The Morgan fingerprint density at radius 1 is 1.18 bits per heavy atom. The van der Waals surface area contributed by atoms with Crippen LogP contribution in [0.5, 0.6) is 0 Å². The molecule has 0 N–H and O–H groups in total. The molecule has 0 saturated carbocycles. The number of rotatable bonds is 5. The van der Waals surface area contributed by atoms with Gasteiger partial charge in [-0.05, 0) is 6.07 Å². The van der Waals surface area contributed by atoms with Crippen LogP contribution in [0.2, 0.25) is 0 Å². The summed E-state index contributed by atoms with van der Waals surface area (Å²) in [6.07, 6.45) is 2.96. The Morgan fingerprint density at radius 2 is 1.91 bits per heavy atom. The Kier molecular flexibility index (Phi) is 5.08. The first kappa shape index (κ1) is 15.5. The van der Waals surface area contributed by atoms with E-state index in [9.17, 15) is 4.79 Å². The number of likely N-dealkylation sites (N-methyl/N-ethyl adjacent to an activating group) is 1. The number of carbonyl (C=O) groups is 1. The largest absolute Gasteiger partial charge is 0.502 e. The highest BCUT2D eigenvalue weighted by Gasteiger charge is 2.18. The zero-order valence-corrected chi connectivity index (χ0v) is 12.7. The number of hydrogen-bond donors (Lipinski definition) is 0. The van der Waals surface area contributed by atoms with Crippen molar-refractivity contribution >= 4 is 11.8 Å². The van der Waals surface area contributed by atoms with Crippen LogP contribution in [0, 0.1) is 0 Å². The van der Waals surface area contributed by atoms with E-state index in [0.717, 1.165) is 5.56 Å². The minimum atomic E-state index is -0.510. The highest BCUT2D eigenvalue weighted by atomic mass is 16.5. The fourth-order valence-corrected chi connectivity index (χ4v) is 1.87. The van der Waals surface area contributed by atoms with Gasteiger partial charge in [-0.15, -0.1) is 0 Å². The summed E-state index contributed by atoms with van der Waals surface area (Å²) in [5, 5.41) is 0. The Bertz CT molecular complexity index is 671. The van der Waals surface area contributed by atoms with Crippen molar-refractivity contribution < 1.29 is 14.3 Å². The summed E-state index contributed by atoms with van der Waals surface area (Å²) in [5.74, 6) is 0.623. The van der Waals surface area contributed by atoms with Gasteiger partial charge in [0.05, 0.1) is 14.2 Å². The molecule has 22 heavy (non-hydrogen) atoms. The first-order valence-corrected chi connectivity index (χ1v) is 6.61. The standard InChI is InChI=1S/C16H17N3O3/c1-19(13(11-21-2)16(20)22-3)14-9-10-17-15(18-14)12-7-5-4-6-8-12/h4-11H,1-3H3. The molecular weight excluding hydrogens is 282 g/mol. The summed E-state index contributed by atoms with van der Waals surface area (Å²) in [6, 6.07) is 11.3. The fourth-order valence-electron chi connectivity index (χ4n) is 1.87. The molecule has 0 amide bonds. The van der Waals surface area contributed by atoms with Gasteiger partial charge in [-0.1, -0.05) is 30.3 Å². The van der Waals surface area contributed by atoms with Gasteiger partial charge >= 0.3 is 5.97 Å². The van der Waals surface area contributed by atoms with Gasteiger partial charge in [0, 0.05) is 18.8 Å². The highest BCUT2D eigenvalue weighted by Crippen LogP contribution is 2.20. The van der Waals surface area contributed by atoms with Crippen LogP contribution in [-0.4, -0.2) is 37.2 Å². The maximum Gasteiger partial charge on any atom is 0.357 e. The normalized spacial score (nSPS) is 11.0. The summed E-state index contributed by atoms with van der Waals surface area (Å²) in [4.78, 5) is 22.1. The lowest BCUT2D eigenvalue weighted by atomic mass is 10.2. The Balaban J connectivity index is 2.36. The summed E-state index contributed by atoms with van der Waals surface area (Å²) in [5.41, 5.74) is 1.14. The molecule has 0 fully saturated rings. The van der Waals surface area contributed by atoms with E-state index in [4.69, 9.17) is 9.47 Å². The SMILES string of the molecule is COC=C(C(=O)OC)N(C)c1ccnc(-c2ccccc2)n1. The number of aromatic nitrogens is 2. The van der Waals surface area contributed by atoms with E-state index in [1.54, 1.807) is 24.2 Å². The zero-order valence-electron chi connectivity index (χ0n) is 12.7. The fraction of sp³-hybridized carbons (Fsp3) is 0.188. The maximum atomic E-state index is 11.8. The molecule has 0 bridgehead atoms. The zero-order chi connectivity index (χ0) is 15.9. The molecule has 6 heteroatoms. The monoisotopic (exact) mass is 299 g/mol. The molecule has 114 valence electrons. The van der Waals surface area contributed by atoms with Crippen LogP contribution < -0.4 is 4.90 Å². The number of nitrogens with zero attached hydrogens (tertiary/aromatic N) is 3. The molecule has 1 heterocycles. The second-order valence-electron chi connectivity index (χ2n) is 4.39. The number of hydrogen-bond acceptors (Lipinski definition) is 6. The van der Waals surface area contributed by atoms with E-state index in [2.05, 4.69) is 9.97 Å². The smallest absolute Gasteiger partial charge is 0.357 e. The van der Waals surface area contributed by atoms with Gasteiger partial charge < -0.3 is 14.4 Å². The van der Waals surface area contributed by atoms with Crippen molar-refractivity contribution in [2.24, 2.45) is 0 Å². The van der Waals surface area contributed by atoms with Crippen LogP contribution in [0.4, 0.5) is 5.82 Å². The molecule has 0 unspecified atom stereocenters. The van der Waals surface area contributed by atoms with E-state index < -0.39 is 5.97 Å². The van der Waals surface area contributed by atoms with Crippen molar-refractivity contribution in [1.82, 2.24) is 9.97 Å². The molecule has 2 rings (SSSR count). The van der Waals surface area contributed by atoms with Crippen molar-refractivity contribution in [2.45, 2.75) is 0 Å². The third kappa shape index (κ3) is 3.41. The topological polar surface area (TPSA) is 64.6 Å². The van der Waals surface area contributed by atoms with Gasteiger partial charge in [-0.3, -0.25) is 0 Å². The average molecular weight is 299 g/mol. The van der Waals surface area contributed by atoms with Crippen molar-refractivity contribution in [3.05, 3.63) is 54.6 Å². The number of esters is 1. The molecule has 0 radical (unpaired) electrons. The third-order valence-electron chi connectivity index (χ3n) is 3.00. The Labute approximate surface area is 129 Å². The van der Waals surface area contributed by atoms with Crippen molar-refractivity contribution in [3.63, 3.8) is 0 Å². The molecule has 6 nitrogen and oxygen atoms in total. The van der Waals surface area contributed by atoms with Gasteiger partial charge in [0.25, 0.3) is 0 Å². The van der Waals surface area contributed by atoms with E-state index in [1.165, 1.54) is 20.5 Å². The summed E-state index contributed by atoms with van der Waals surface area (Å²) >= 11 is 0. The molecule has 0 aliphatic heterocycles. The maximum absolute atomic E-state index is 11.8. The molecule has 0 saturated heterocycles. The van der Waals surface area contributed by atoms with E-state index in [0.29, 0.717) is 11.6 Å². The lowest BCUT2D eigenvalue weighted by molar-refractivity contribution is -0.136. The van der Waals surface area contributed by atoms with E-state index in [-0.39, 0.29) is 5.70 Å². The second kappa shape index (κ2) is 7.21. The van der Waals surface area contributed by atoms with E-state index in [1.807, 2.05) is 30.3 Å². The molecule has 2 aromatic rings. The molecule has 1 aromatic heterocycles. The third-order valence-corrected chi connectivity index (χ3v) is 3.00. The van der Waals surface area contributed by atoms with Crippen LogP contribution >= 0.6 is 0 Å². The molecule has 0 spiro atoms. The predicted molar refractivity (Wildman–Crippen MR) is 83.0 cm³/mol. The molecular formula is C16H17N3O3. The molecule has 0 atom stereocenters.